The average Bonchev–Trinajstić information content (AvgIpc) is 2.55. The van der Waals surface area contributed by atoms with Crippen LogP contribution < -0.4 is 0 Å². The number of carbonyl (C=O) groups is 2. The van der Waals surface area contributed by atoms with Crippen molar-refractivity contribution in [3.8, 4) is 0 Å². The fraction of sp³-hybridized carbons (Fsp3) is 0.727. The van der Waals surface area contributed by atoms with Crippen LogP contribution in [0.25, 0.3) is 0 Å². The Labute approximate surface area is 101 Å². The molecule has 1 rings (SSSR count). The maximum absolute atomic E-state index is 11.6. The summed E-state index contributed by atoms with van der Waals surface area (Å²) < 4.78 is 0. The number of carbonyl (C=O) groups excluding carboxylic acids is 1. The van der Waals surface area contributed by atoms with Gasteiger partial charge in [0.2, 0.25) is 5.91 Å². The van der Waals surface area contributed by atoms with E-state index in [1.165, 1.54) is 12.1 Å². The van der Waals surface area contributed by atoms with Crippen LogP contribution >= 0.6 is 0 Å². The summed E-state index contributed by atoms with van der Waals surface area (Å²) in [5, 5.41) is 14.3. The van der Waals surface area contributed by atoms with Crippen molar-refractivity contribution in [2.75, 3.05) is 20.1 Å². The highest BCUT2D eigenvalue weighted by molar-refractivity contribution is 6.06. The van der Waals surface area contributed by atoms with Crippen LogP contribution in [0.5, 0.6) is 0 Å². The standard InChI is InChI=1S/C11H19N3O3/c1-8(2)4-5-14-10(15)6-9(12-14)7-13(3)11(16)17/h8H,4-7H2,1-3H3,(H,16,17). The van der Waals surface area contributed by atoms with E-state index in [1.54, 1.807) is 0 Å². The van der Waals surface area contributed by atoms with Crippen molar-refractivity contribution in [3.05, 3.63) is 0 Å². The Kier molecular flexibility index (Phi) is 4.48. The lowest BCUT2D eigenvalue weighted by Gasteiger charge is -2.13. The van der Waals surface area contributed by atoms with E-state index in [1.807, 2.05) is 0 Å². The van der Waals surface area contributed by atoms with Gasteiger partial charge in [0.1, 0.15) is 0 Å². The topological polar surface area (TPSA) is 73.2 Å². The zero-order chi connectivity index (χ0) is 13.0. The van der Waals surface area contributed by atoms with Gasteiger partial charge in [0.25, 0.3) is 0 Å². The Morgan fingerprint density at radius 3 is 2.76 bits per heavy atom. The van der Waals surface area contributed by atoms with E-state index in [4.69, 9.17) is 5.11 Å². The SMILES string of the molecule is CC(C)CCN1N=C(CN(C)C(=O)O)CC1=O. The second-order valence-corrected chi connectivity index (χ2v) is 4.68. The van der Waals surface area contributed by atoms with Crippen molar-refractivity contribution in [3.63, 3.8) is 0 Å². The number of hydrogen-bond acceptors (Lipinski definition) is 3. The molecule has 0 aliphatic carbocycles. The maximum atomic E-state index is 11.6. The van der Waals surface area contributed by atoms with Crippen LogP contribution in [0, 0.1) is 5.92 Å². The van der Waals surface area contributed by atoms with Gasteiger partial charge in [0.05, 0.1) is 18.7 Å². The van der Waals surface area contributed by atoms with Gasteiger partial charge in [-0.05, 0) is 12.3 Å². The molecule has 2 amide bonds. The lowest BCUT2D eigenvalue weighted by atomic mass is 10.1. The summed E-state index contributed by atoms with van der Waals surface area (Å²) in [6.07, 6.45) is 0.119. The molecule has 0 aromatic heterocycles. The molecule has 0 radical (unpaired) electrons. The summed E-state index contributed by atoms with van der Waals surface area (Å²) in [7, 11) is 1.46. The van der Waals surface area contributed by atoms with Crippen LogP contribution in [0.4, 0.5) is 4.79 Å². The highest BCUT2D eigenvalue weighted by Crippen LogP contribution is 2.11. The largest absolute Gasteiger partial charge is 0.465 e. The number of nitrogens with zero attached hydrogens (tertiary/aromatic N) is 3. The van der Waals surface area contributed by atoms with E-state index < -0.39 is 6.09 Å². The van der Waals surface area contributed by atoms with Gasteiger partial charge < -0.3 is 10.0 Å². The van der Waals surface area contributed by atoms with E-state index in [9.17, 15) is 9.59 Å². The first-order valence-corrected chi connectivity index (χ1v) is 5.71. The Balaban J connectivity index is 2.50. The molecule has 6 nitrogen and oxygen atoms in total. The molecular weight excluding hydrogens is 222 g/mol. The molecule has 1 aliphatic rings. The first-order valence-electron chi connectivity index (χ1n) is 5.71. The van der Waals surface area contributed by atoms with Crippen molar-refractivity contribution in [1.82, 2.24) is 9.91 Å². The normalized spacial score (nSPS) is 15.4. The van der Waals surface area contributed by atoms with Gasteiger partial charge in [-0.15, -0.1) is 0 Å². The molecule has 0 bridgehead atoms. The highest BCUT2D eigenvalue weighted by atomic mass is 16.4. The lowest BCUT2D eigenvalue weighted by Crippen LogP contribution is -2.30. The zero-order valence-electron chi connectivity index (χ0n) is 10.5. The zero-order valence-corrected chi connectivity index (χ0v) is 10.5. The van der Waals surface area contributed by atoms with Crippen molar-refractivity contribution in [2.24, 2.45) is 11.0 Å². The highest BCUT2D eigenvalue weighted by Gasteiger charge is 2.25. The van der Waals surface area contributed by atoms with E-state index >= 15 is 0 Å². The second kappa shape index (κ2) is 5.65. The van der Waals surface area contributed by atoms with Gasteiger partial charge in [0.15, 0.2) is 0 Å². The Morgan fingerprint density at radius 2 is 2.24 bits per heavy atom. The average molecular weight is 241 g/mol. The molecule has 0 aromatic carbocycles. The molecule has 0 atom stereocenters. The van der Waals surface area contributed by atoms with Gasteiger partial charge in [-0.2, -0.15) is 5.10 Å². The molecule has 0 spiro atoms. The van der Waals surface area contributed by atoms with Gasteiger partial charge in [-0.25, -0.2) is 9.80 Å². The van der Waals surface area contributed by atoms with E-state index in [0.29, 0.717) is 18.2 Å². The molecule has 6 heteroatoms. The van der Waals surface area contributed by atoms with E-state index in [0.717, 1.165) is 11.3 Å². The van der Waals surface area contributed by atoms with Gasteiger partial charge >= 0.3 is 6.09 Å². The molecule has 0 fully saturated rings. The summed E-state index contributed by atoms with van der Waals surface area (Å²) in [6, 6.07) is 0. The van der Waals surface area contributed by atoms with Gasteiger partial charge in [-0.3, -0.25) is 4.79 Å². The molecule has 0 saturated carbocycles. The number of carboxylic acid groups (broad SMARTS) is 1. The van der Waals surface area contributed by atoms with Crippen LogP contribution in [0.2, 0.25) is 0 Å². The van der Waals surface area contributed by atoms with E-state index in [-0.39, 0.29) is 18.9 Å². The minimum atomic E-state index is -1.01. The third kappa shape index (κ3) is 4.05. The fourth-order valence-electron chi connectivity index (χ4n) is 1.51. The summed E-state index contributed by atoms with van der Waals surface area (Å²) >= 11 is 0. The minimum absolute atomic E-state index is 0.0422. The predicted molar refractivity (Wildman–Crippen MR) is 63.9 cm³/mol. The Morgan fingerprint density at radius 1 is 1.59 bits per heavy atom. The molecular formula is C11H19N3O3. The summed E-state index contributed by atoms with van der Waals surface area (Å²) in [6.45, 7) is 4.97. The molecule has 1 heterocycles. The minimum Gasteiger partial charge on any atom is -0.465 e. The molecule has 0 aromatic rings. The number of rotatable bonds is 5. The number of hydrogen-bond donors (Lipinski definition) is 1. The van der Waals surface area contributed by atoms with Crippen molar-refractivity contribution >= 4 is 17.7 Å². The second-order valence-electron chi connectivity index (χ2n) is 4.68. The van der Waals surface area contributed by atoms with Crippen molar-refractivity contribution in [1.29, 1.82) is 0 Å². The summed E-state index contributed by atoms with van der Waals surface area (Å²) in [5.74, 6) is 0.475. The van der Waals surface area contributed by atoms with Gasteiger partial charge in [-0.1, -0.05) is 13.8 Å². The fourth-order valence-corrected chi connectivity index (χ4v) is 1.51. The molecule has 0 unspecified atom stereocenters. The molecule has 96 valence electrons. The smallest absolute Gasteiger partial charge is 0.407 e. The third-order valence-electron chi connectivity index (χ3n) is 2.57. The maximum Gasteiger partial charge on any atom is 0.407 e. The van der Waals surface area contributed by atoms with Crippen LogP contribution in [0.1, 0.15) is 26.7 Å². The number of hydrazone groups is 1. The quantitative estimate of drug-likeness (QED) is 0.786. The number of amides is 2. The monoisotopic (exact) mass is 241 g/mol. The Bertz CT molecular complexity index is 339. The van der Waals surface area contributed by atoms with Crippen molar-refractivity contribution in [2.45, 2.75) is 26.7 Å². The lowest BCUT2D eigenvalue weighted by molar-refractivity contribution is -0.128. The molecule has 17 heavy (non-hydrogen) atoms. The van der Waals surface area contributed by atoms with Crippen LogP contribution in [-0.2, 0) is 4.79 Å². The third-order valence-corrected chi connectivity index (χ3v) is 2.57. The molecule has 0 saturated heterocycles. The predicted octanol–water partition coefficient (Wildman–Crippen LogP) is 1.23. The summed E-state index contributed by atoms with van der Waals surface area (Å²) in [5.41, 5.74) is 0.614. The van der Waals surface area contributed by atoms with Gasteiger partial charge in [0, 0.05) is 13.6 Å². The first-order chi connectivity index (χ1) is 7.90. The van der Waals surface area contributed by atoms with Crippen LogP contribution in [0.15, 0.2) is 5.10 Å². The van der Waals surface area contributed by atoms with Crippen LogP contribution in [0.3, 0.4) is 0 Å². The van der Waals surface area contributed by atoms with Crippen LogP contribution in [-0.4, -0.2) is 52.9 Å². The summed E-state index contributed by atoms with van der Waals surface area (Å²) in [4.78, 5) is 23.4. The van der Waals surface area contributed by atoms with E-state index in [2.05, 4.69) is 18.9 Å². The first kappa shape index (κ1) is 13.5. The molecule has 1 aliphatic heterocycles. The van der Waals surface area contributed by atoms with Crippen molar-refractivity contribution < 1.29 is 14.7 Å². The Hall–Kier alpha value is -1.59. The molecule has 1 N–H and O–H groups in total.